The maximum Gasteiger partial charge on any atom is 0.472 e. The van der Waals surface area contributed by atoms with E-state index in [1.54, 1.807) is 0 Å². The van der Waals surface area contributed by atoms with Gasteiger partial charge in [-0.1, -0.05) is 107 Å². The van der Waals surface area contributed by atoms with E-state index in [0.717, 1.165) is 57.8 Å². The zero-order chi connectivity index (χ0) is 34.1. The summed E-state index contributed by atoms with van der Waals surface area (Å²) in [5.41, 5.74) is 5.31. The number of unbranched alkanes of at least 4 members (excludes halogenated alkanes) is 7. The summed E-state index contributed by atoms with van der Waals surface area (Å²) in [5.74, 6) is -1.88. The molecular formula is C35H60NO9P. The van der Waals surface area contributed by atoms with Crippen LogP contribution in [0.25, 0.3) is 0 Å². The Hall–Kier alpha value is -2.33. The molecule has 0 aromatic carbocycles. The molecule has 10 nitrogen and oxygen atoms in total. The molecule has 0 saturated carbocycles. The molecule has 0 heterocycles. The van der Waals surface area contributed by atoms with Crippen molar-refractivity contribution in [3.8, 4) is 0 Å². The summed E-state index contributed by atoms with van der Waals surface area (Å²) < 4.78 is 33.0. The van der Waals surface area contributed by atoms with Gasteiger partial charge >= 0.3 is 19.8 Å². The Labute approximate surface area is 277 Å². The van der Waals surface area contributed by atoms with Crippen LogP contribution in [0.15, 0.2) is 60.8 Å². The van der Waals surface area contributed by atoms with E-state index in [0.29, 0.717) is 13.0 Å². The Morgan fingerprint density at radius 2 is 1.26 bits per heavy atom. The summed E-state index contributed by atoms with van der Waals surface area (Å²) in [4.78, 5) is 33.2. The first-order chi connectivity index (χ1) is 22.2. The van der Waals surface area contributed by atoms with Crippen molar-refractivity contribution in [2.24, 2.45) is 5.73 Å². The summed E-state index contributed by atoms with van der Waals surface area (Å²) in [6.07, 6.45) is 34.4. The topological polar surface area (TPSA) is 155 Å². The first-order valence-electron chi connectivity index (χ1n) is 16.8. The van der Waals surface area contributed by atoms with E-state index in [9.17, 15) is 19.0 Å². The molecule has 0 saturated heterocycles. The number of carboxylic acids is 1. The molecule has 11 heteroatoms. The van der Waals surface area contributed by atoms with Gasteiger partial charge in [-0.2, -0.15) is 0 Å². The Kier molecular flexibility index (Phi) is 29.7. The van der Waals surface area contributed by atoms with Crippen molar-refractivity contribution in [1.82, 2.24) is 0 Å². The van der Waals surface area contributed by atoms with Crippen molar-refractivity contribution < 1.29 is 42.7 Å². The van der Waals surface area contributed by atoms with Crippen LogP contribution in [0.3, 0.4) is 0 Å². The SMILES string of the molecule is CC/C=C\C/C=C\C/C=C\C/C=C\CCC(=O)OC(COCCCCCCCC/C=C\CCC)COP(=O)(O)OCC(N)C(=O)O. The van der Waals surface area contributed by atoms with E-state index in [2.05, 4.69) is 67.0 Å². The lowest BCUT2D eigenvalue weighted by atomic mass is 10.1. The minimum absolute atomic E-state index is 0.0194. The number of ether oxygens (including phenoxy) is 2. The number of aliphatic carboxylic acids is 1. The molecule has 0 fully saturated rings. The van der Waals surface area contributed by atoms with E-state index in [1.165, 1.54) is 25.7 Å². The number of carboxylic acid groups (broad SMARTS) is 1. The van der Waals surface area contributed by atoms with Gasteiger partial charge in [0.2, 0.25) is 0 Å². The molecule has 0 aromatic heterocycles. The van der Waals surface area contributed by atoms with Crippen LogP contribution in [0.5, 0.6) is 0 Å². The lowest BCUT2D eigenvalue weighted by molar-refractivity contribution is -0.154. The number of nitrogens with two attached hydrogens (primary N) is 1. The number of carbonyl (C=O) groups is 2. The summed E-state index contributed by atoms with van der Waals surface area (Å²) in [5, 5.41) is 8.83. The van der Waals surface area contributed by atoms with Crippen molar-refractivity contribution >= 4 is 19.8 Å². The average molecular weight is 670 g/mol. The van der Waals surface area contributed by atoms with E-state index < -0.39 is 45.1 Å². The quantitative estimate of drug-likeness (QED) is 0.0285. The van der Waals surface area contributed by atoms with Crippen molar-refractivity contribution in [3.63, 3.8) is 0 Å². The molecule has 4 N–H and O–H groups in total. The van der Waals surface area contributed by atoms with E-state index in [4.69, 9.17) is 24.8 Å². The van der Waals surface area contributed by atoms with Crippen molar-refractivity contribution in [2.75, 3.05) is 26.4 Å². The molecule has 264 valence electrons. The minimum atomic E-state index is -4.63. The van der Waals surface area contributed by atoms with E-state index >= 15 is 0 Å². The van der Waals surface area contributed by atoms with Crippen LogP contribution in [0.1, 0.15) is 110 Å². The lowest BCUT2D eigenvalue weighted by Gasteiger charge is -2.20. The smallest absolute Gasteiger partial charge is 0.472 e. The summed E-state index contributed by atoms with van der Waals surface area (Å²) in [6, 6.07) is -1.48. The van der Waals surface area contributed by atoms with Crippen LogP contribution < -0.4 is 5.73 Å². The highest BCUT2D eigenvalue weighted by Crippen LogP contribution is 2.43. The monoisotopic (exact) mass is 669 g/mol. The Morgan fingerprint density at radius 1 is 0.717 bits per heavy atom. The van der Waals surface area contributed by atoms with Crippen LogP contribution in [-0.2, 0) is 32.7 Å². The Morgan fingerprint density at radius 3 is 1.89 bits per heavy atom. The van der Waals surface area contributed by atoms with Crippen molar-refractivity contribution in [2.45, 2.75) is 122 Å². The molecule has 0 amide bonds. The van der Waals surface area contributed by atoms with Gasteiger partial charge in [-0.3, -0.25) is 18.6 Å². The summed E-state index contributed by atoms with van der Waals surface area (Å²) >= 11 is 0. The molecule has 3 unspecified atom stereocenters. The number of hydrogen-bond acceptors (Lipinski definition) is 8. The molecule has 0 aliphatic heterocycles. The van der Waals surface area contributed by atoms with Gasteiger partial charge < -0.3 is 25.2 Å². The first-order valence-corrected chi connectivity index (χ1v) is 18.3. The fourth-order valence-corrected chi connectivity index (χ4v) is 4.69. The van der Waals surface area contributed by atoms with Crippen LogP contribution in [-0.4, -0.2) is 60.5 Å². The number of phosphoric acid groups is 1. The maximum atomic E-state index is 12.5. The molecule has 0 rings (SSSR count). The number of carbonyl (C=O) groups excluding carboxylic acids is 1. The Bertz CT molecular complexity index is 962. The van der Waals surface area contributed by atoms with Gasteiger partial charge in [-0.15, -0.1) is 0 Å². The number of rotatable bonds is 31. The fourth-order valence-electron chi connectivity index (χ4n) is 3.91. The molecule has 0 aromatic rings. The van der Waals surface area contributed by atoms with Gasteiger partial charge in [0.15, 0.2) is 0 Å². The van der Waals surface area contributed by atoms with Gasteiger partial charge in [0.1, 0.15) is 12.1 Å². The van der Waals surface area contributed by atoms with Gasteiger partial charge in [-0.05, 0) is 57.8 Å². The number of hydrogen-bond donors (Lipinski definition) is 3. The highest BCUT2D eigenvalue weighted by Gasteiger charge is 2.27. The van der Waals surface area contributed by atoms with E-state index in [1.807, 2.05) is 12.2 Å². The standard InChI is InChI=1S/C35H60NO9P/c1-3-5-7-9-11-13-15-16-17-19-21-23-25-27-34(37)45-32(30-43-46(40,41)44-31-33(36)35(38)39)29-42-28-26-24-22-20-18-14-12-10-8-6-4-2/h5,7-8,10-11,13,16-17,21,23,32-33H,3-4,6,9,12,14-15,18-20,22,24-31,36H2,1-2H3,(H,38,39)(H,40,41)/b7-5-,10-8-,13-11-,17-16-,23-21-. The largest absolute Gasteiger partial charge is 0.480 e. The third-order valence-electron chi connectivity index (χ3n) is 6.53. The van der Waals surface area contributed by atoms with Gasteiger partial charge in [0.25, 0.3) is 0 Å². The Balaban J connectivity index is 4.52. The van der Waals surface area contributed by atoms with Crippen LogP contribution in [0.2, 0.25) is 0 Å². The number of phosphoric ester groups is 1. The fraction of sp³-hybridized carbons (Fsp3) is 0.657. The number of esters is 1. The summed E-state index contributed by atoms with van der Waals surface area (Å²) in [7, 11) is -4.63. The molecule has 0 radical (unpaired) electrons. The predicted molar refractivity (Wildman–Crippen MR) is 184 cm³/mol. The van der Waals surface area contributed by atoms with Gasteiger partial charge in [0, 0.05) is 13.0 Å². The normalized spacial score (nSPS) is 15.0. The predicted octanol–water partition coefficient (Wildman–Crippen LogP) is 8.13. The molecule has 0 spiro atoms. The molecule has 3 atom stereocenters. The van der Waals surface area contributed by atoms with Crippen LogP contribution in [0, 0.1) is 0 Å². The van der Waals surface area contributed by atoms with Crippen molar-refractivity contribution in [3.05, 3.63) is 60.8 Å². The van der Waals surface area contributed by atoms with Gasteiger partial charge in [-0.25, -0.2) is 4.57 Å². The minimum Gasteiger partial charge on any atom is -0.480 e. The molecular weight excluding hydrogens is 609 g/mol. The van der Waals surface area contributed by atoms with Crippen molar-refractivity contribution in [1.29, 1.82) is 0 Å². The molecule has 0 aliphatic rings. The second-order valence-corrected chi connectivity index (χ2v) is 12.4. The van der Waals surface area contributed by atoms with Crippen LogP contribution >= 0.6 is 7.82 Å². The maximum absolute atomic E-state index is 12.5. The van der Waals surface area contributed by atoms with Crippen LogP contribution in [0.4, 0.5) is 0 Å². The first kappa shape index (κ1) is 43.7. The second-order valence-electron chi connectivity index (χ2n) is 10.9. The van der Waals surface area contributed by atoms with Gasteiger partial charge in [0.05, 0.1) is 19.8 Å². The lowest BCUT2D eigenvalue weighted by Crippen LogP contribution is -2.34. The average Bonchev–Trinajstić information content (AvgIpc) is 3.03. The van der Waals surface area contributed by atoms with E-state index in [-0.39, 0.29) is 13.0 Å². The third kappa shape index (κ3) is 30.3. The zero-order valence-corrected chi connectivity index (χ0v) is 29.0. The summed E-state index contributed by atoms with van der Waals surface area (Å²) in [6.45, 7) is 3.55. The molecule has 0 aliphatic carbocycles. The molecule has 46 heavy (non-hydrogen) atoms. The highest BCUT2D eigenvalue weighted by atomic mass is 31.2. The third-order valence-corrected chi connectivity index (χ3v) is 7.48. The number of allylic oxidation sites excluding steroid dienone is 10. The molecule has 0 bridgehead atoms. The zero-order valence-electron chi connectivity index (χ0n) is 28.1. The highest BCUT2D eigenvalue weighted by molar-refractivity contribution is 7.47. The second kappa shape index (κ2) is 31.3.